The molecule has 1 spiro atoms. The average molecular weight is 138 g/mol. The first-order valence-corrected chi connectivity index (χ1v) is 4.04. The second-order valence-electron chi connectivity index (χ2n) is 3.52. The molecule has 2 heteroatoms. The van der Waals surface area contributed by atoms with Gasteiger partial charge in [-0.25, -0.2) is 0 Å². The third-order valence-corrected chi connectivity index (χ3v) is 2.75. The highest BCUT2D eigenvalue weighted by atomic mass is 15.0. The molecule has 1 aliphatic heterocycles. The van der Waals surface area contributed by atoms with E-state index in [0.29, 0.717) is 5.41 Å². The van der Waals surface area contributed by atoms with Crippen LogP contribution < -0.4 is 5.32 Å². The number of rotatable bonds is 0. The first-order chi connectivity index (χ1) is 4.85. The molecule has 1 aliphatic carbocycles. The largest absolute Gasteiger partial charge is 0.374 e. The number of nitrogens with one attached hydrogen (secondary N) is 1. The van der Waals surface area contributed by atoms with Gasteiger partial charge in [-0.15, -0.1) is 0 Å². The van der Waals surface area contributed by atoms with Crippen LogP contribution in [0.1, 0.15) is 25.7 Å². The Hall–Kier alpha value is -0.530. The molecule has 1 heterocycles. The van der Waals surface area contributed by atoms with E-state index < -0.39 is 0 Å². The Morgan fingerprint density at radius 3 is 2.80 bits per heavy atom. The first kappa shape index (κ1) is 6.20. The van der Waals surface area contributed by atoms with Crippen LogP contribution >= 0.6 is 0 Å². The fourth-order valence-corrected chi connectivity index (χ4v) is 1.74. The van der Waals surface area contributed by atoms with Gasteiger partial charge in [0.2, 0.25) is 0 Å². The molecule has 1 N–H and O–H groups in total. The summed E-state index contributed by atoms with van der Waals surface area (Å²) in [6.45, 7) is 1.15. The lowest BCUT2D eigenvalue weighted by Crippen LogP contribution is -2.34. The van der Waals surface area contributed by atoms with Gasteiger partial charge in [-0.3, -0.25) is 4.99 Å². The van der Waals surface area contributed by atoms with Gasteiger partial charge in [0.25, 0.3) is 0 Å². The van der Waals surface area contributed by atoms with E-state index >= 15 is 0 Å². The Bertz CT molecular complexity index is 168. The third kappa shape index (κ3) is 0.917. The summed E-state index contributed by atoms with van der Waals surface area (Å²) in [4.78, 5) is 4.19. The summed E-state index contributed by atoms with van der Waals surface area (Å²) in [6.07, 6.45) is 5.46. The summed E-state index contributed by atoms with van der Waals surface area (Å²) in [5.41, 5.74) is 0.708. The van der Waals surface area contributed by atoms with E-state index in [9.17, 15) is 0 Å². The topological polar surface area (TPSA) is 24.4 Å². The average Bonchev–Trinajstić information content (AvgIpc) is 2.70. The van der Waals surface area contributed by atoms with Gasteiger partial charge in [0, 0.05) is 20.0 Å². The highest BCUT2D eigenvalue weighted by molar-refractivity contribution is 5.83. The minimum atomic E-state index is 0.708. The summed E-state index contributed by atoms with van der Waals surface area (Å²) in [5.74, 6) is 1.23. The maximum atomic E-state index is 4.19. The molecule has 0 amide bonds. The van der Waals surface area contributed by atoms with Crippen molar-refractivity contribution in [2.45, 2.75) is 25.7 Å². The van der Waals surface area contributed by atoms with Crippen molar-refractivity contribution in [3.8, 4) is 0 Å². The van der Waals surface area contributed by atoms with Gasteiger partial charge >= 0.3 is 0 Å². The lowest BCUT2D eigenvalue weighted by molar-refractivity contribution is 0.445. The van der Waals surface area contributed by atoms with E-state index in [0.717, 1.165) is 6.54 Å². The fourth-order valence-electron chi connectivity index (χ4n) is 1.74. The molecule has 0 aromatic rings. The van der Waals surface area contributed by atoms with Gasteiger partial charge in [0.1, 0.15) is 0 Å². The quantitative estimate of drug-likeness (QED) is 0.534. The second-order valence-corrected chi connectivity index (χ2v) is 3.52. The summed E-state index contributed by atoms with van der Waals surface area (Å²) < 4.78 is 0. The van der Waals surface area contributed by atoms with Gasteiger partial charge in [-0.1, -0.05) is 0 Å². The van der Waals surface area contributed by atoms with Gasteiger partial charge in [0.05, 0.1) is 5.84 Å². The highest BCUT2D eigenvalue weighted by Crippen LogP contribution is 2.52. The monoisotopic (exact) mass is 138 g/mol. The molecule has 0 aromatic heterocycles. The van der Waals surface area contributed by atoms with Crippen LogP contribution in [0.3, 0.4) is 0 Å². The maximum absolute atomic E-state index is 4.19. The van der Waals surface area contributed by atoms with Crippen molar-refractivity contribution in [3.63, 3.8) is 0 Å². The van der Waals surface area contributed by atoms with Crippen LogP contribution in [0.25, 0.3) is 0 Å². The smallest absolute Gasteiger partial charge is 0.0965 e. The van der Waals surface area contributed by atoms with Crippen molar-refractivity contribution < 1.29 is 0 Å². The summed E-state index contributed by atoms with van der Waals surface area (Å²) >= 11 is 0. The van der Waals surface area contributed by atoms with Crippen LogP contribution in [0.2, 0.25) is 0 Å². The SMILES string of the molecule is CN=C1CC2(CCN1)CC2. The molecule has 2 nitrogen and oxygen atoms in total. The van der Waals surface area contributed by atoms with Gasteiger partial charge < -0.3 is 5.32 Å². The van der Waals surface area contributed by atoms with Gasteiger partial charge in [-0.05, 0) is 24.7 Å². The maximum Gasteiger partial charge on any atom is 0.0965 e. The number of hydrogen-bond acceptors (Lipinski definition) is 1. The van der Waals surface area contributed by atoms with Crippen molar-refractivity contribution in [1.29, 1.82) is 0 Å². The molecule has 0 atom stereocenters. The number of nitrogens with zero attached hydrogens (tertiary/aromatic N) is 1. The van der Waals surface area contributed by atoms with Crippen molar-refractivity contribution in [1.82, 2.24) is 5.32 Å². The van der Waals surface area contributed by atoms with E-state index in [-0.39, 0.29) is 0 Å². The van der Waals surface area contributed by atoms with E-state index in [2.05, 4.69) is 10.3 Å². The standard InChI is InChI=1S/C8H14N2/c1-9-7-6-8(2-3-8)4-5-10-7/h2-6H2,1H3,(H,9,10). The van der Waals surface area contributed by atoms with Gasteiger partial charge in [-0.2, -0.15) is 0 Å². The minimum absolute atomic E-state index is 0.708. The van der Waals surface area contributed by atoms with E-state index in [1.165, 1.54) is 31.5 Å². The van der Waals surface area contributed by atoms with Crippen LogP contribution in [-0.2, 0) is 0 Å². The number of piperidine rings is 1. The molecule has 10 heavy (non-hydrogen) atoms. The molecule has 0 radical (unpaired) electrons. The Morgan fingerprint density at radius 1 is 1.40 bits per heavy atom. The van der Waals surface area contributed by atoms with Crippen molar-refractivity contribution in [2.24, 2.45) is 10.4 Å². The van der Waals surface area contributed by atoms with Crippen LogP contribution in [0.5, 0.6) is 0 Å². The Balaban J connectivity index is 2.04. The predicted molar refractivity (Wildman–Crippen MR) is 42.3 cm³/mol. The summed E-state index contributed by atoms with van der Waals surface area (Å²) in [5, 5.41) is 3.31. The Kier molecular flexibility index (Phi) is 1.22. The normalized spacial score (nSPS) is 32.3. The van der Waals surface area contributed by atoms with E-state index in [1.54, 1.807) is 0 Å². The van der Waals surface area contributed by atoms with Crippen molar-refractivity contribution in [3.05, 3.63) is 0 Å². The minimum Gasteiger partial charge on any atom is -0.374 e. The molecule has 1 saturated heterocycles. The van der Waals surface area contributed by atoms with Crippen LogP contribution in [0, 0.1) is 5.41 Å². The lowest BCUT2D eigenvalue weighted by atomic mass is 9.94. The van der Waals surface area contributed by atoms with Crippen LogP contribution in [0.15, 0.2) is 4.99 Å². The summed E-state index contributed by atoms with van der Waals surface area (Å²) in [7, 11) is 1.88. The highest BCUT2D eigenvalue weighted by Gasteiger charge is 2.44. The zero-order chi connectivity index (χ0) is 7.03. The molecule has 0 bridgehead atoms. The molecular formula is C8H14N2. The van der Waals surface area contributed by atoms with Crippen molar-refractivity contribution >= 4 is 5.84 Å². The Morgan fingerprint density at radius 2 is 2.20 bits per heavy atom. The van der Waals surface area contributed by atoms with Crippen LogP contribution in [-0.4, -0.2) is 19.4 Å². The van der Waals surface area contributed by atoms with E-state index in [4.69, 9.17) is 0 Å². The zero-order valence-electron chi connectivity index (χ0n) is 6.48. The lowest BCUT2D eigenvalue weighted by Gasteiger charge is -2.23. The zero-order valence-corrected chi connectivity index (χ0v) is 6.48. The van der Waals surface area contributed by atoms with Gasteiger partial charge in [0.15, 0.2) is 0 Å². The first-order valence-electron chi connectivity index (χ1n) is 4.04. The predicted octanol–water partition coefficient (Wildman–Crippen LogP) is 1.18. The molecular weight excluding hydrogens is 124 g/mol. The molecule has 2 fully saturated rings. The molecule has 56 valence electrons. The Labute approximate surface area is 61.7 Å². The third-order valence-electron chi connectivity index (χ3n) is 2.75. The second kappa shape index (κ2) is 1.97. The number of hydrogen-bond donors (Lipinski definition) is 1. The number of aliphatic imine (C=N–C) groups is 1. The molecule has 1 saturated carbocycles. The molecule has 0 aromatic carbocycles. The van der Waals surface area contributed by atoms with Crippen LogP contribution in [0.4, 0.5) is 0 Å². The fraction of sp³-hybridized carbons (Fsp3) is 0.875. The molecule has 2 aliphatic rings. The summed E-state index contributed by atoms with van der Waals surface area (Å²) in [6, 6.07) is 0. The number of amidine groups is 1. The molecule has 2 rings (SSSR count). The van der Waals surface area contributed by atoms with Crippen molar-refractivity contribution in [2.75, 3.05) is 13.6 Å². The van der Waals surface area contributed by atoms with E-state index in [1.807, 2.05) is 7.05 Å². The molecule has 0 unspecified atom stereocenters.